The molecule has 6 nitrogen and oxygen atoms in total. The smallest absolute Gasteiger partial charge is 0.242 e. The van der Waals surface area contributed by atoms with Gasteiger partial charge in [-0.2, -0.15) is 0 Å². The lowest BCUT2D eigenvalue weighted by molar-refractivity contribution is -0.115. The van der Waals surface area contributed by atoms with Crippen LogP contribution in [-0.2, 0) is 11.2 Å². The average molecular weight is 489 g/mol. The Bertz CT molecular complexity index is 1300. The highest BCUT2D eigenvalue weighted by Gasteiger charge is 2.32. The van der Waals surface area contributed by atoms with Gasteiger partial charge in [-0.3, -0.25) is 9.59 Å². The molecule has 2 heterocycles. The molecular weight excluding hydrogens is 464 g/mol. The normalized spacial score (nSPS) is 14.0. The SMILES string of the molecule is CC(=O)c1cccc(NC(=O)[C@@H](Sc2nnc(Cc3cccs3)n2C2CC2)c2ccccc2)c1. The number of carbonyl (C=O) groups is 2. The Morgan fingerprint density at radius 3 is 2.62 bits per heavy atom. The van der Waals surface area contributed by atoms with E-state index in [1.54, 1.807) is 35.6 Å². The first-order valence-corrected chi connectivity index (χ1v) is 12.9. The van der Waals surface area contributed by atoms with Gasteiger partial charge >= 0.3 is 0 Å². The summed E-state index contributed by atoms with van der Waals surface area (Å²) in [4.78, 5) is 26.5. The number of thiophene rings is 1. The summed E-state index contributed by atoms with van der Waals surface area (Å²) in [5.74, 6) is 0.733. The number of nitrogens with zero attached hydrogens (tertiary/aromatic N) is 3. The van der Waals surface area contributed by atoms with Gasteiger partial charge < -0.3 is 9.88 Å². The van der Waals surface area contributed by atoms with Crippen LogP contribution in [0.25, 0.3) is 0 Å². The molecule has 0 bridgehead atoms. The van der Waals surface area contributed by atoms with E-state index in [4.69, 9.17) is 0 Å². The second-order valence-electron chi connectivity index (χ2n) is 8.29. The number of nitrogens with one attached hydrogen (secondary N) is 1. The number of amides is 1. The van der Waals surface area contributed by atoms with Crippen LogP contribution in [0, 0.1) is 0 Å². The topological polar surface area (TPSA) is 76.9 Å². The predicted octanol–water partition coefficient (Wildman–Crippen LogP) is 5.94. The Hall–Kier alpha value is -3.23. The van der Waals surface area contributed by atoms with Crippen LogP contribution in [0.1, 0.15) is 57.7 Å². The van der Waals surface area contributed by atoms with Crippen molar-refractivity contribution in [1.29, 1.82) is 0 Å². The van der Waals surface area contributed by atoms with Crippen molar-refractivity contribution in [1.82, 2.24) is 14.8 Å². The molecule has 8 heteroatoms. The zero-order chi connectivity index (χ0) is 23.5. The molecule has 1 aliphatic carbocycles. The largest absolute Gasteiger partial charge is 0.325 e. The molecule has 0 spiro atoms. The molecule has 4 aromatic rings. The molecule has 5 rings (SSSR count). The van der Waals surface area contributed by atoms with Crippen LogP contribution in [0.2, 0.25) is 0 Å². The number of anilines is 1. The summed E-state index contributed by atoms with van der Waals surface area (Å²) < 4.78 is 2.21. The number of hydrogen-bond donors (Lipinski definition) is 1. The van der Waals surface area contributed by atoms with E-state index in [2.05, 4.69) is 31.5 Å². The summed E-state index contributed by atoms with van der Waals surface area (Å²) in [7, 11) is 0. The number of benzene rings is 2. The molecule has 2 aromatic carbocycles. The summed E-state index contributed by atoms with van der Waals surface area (Å²) in [5.41, 5.74) is 2.05. The second-order valence-corrected chi connectivity index (χ2v) is 10.4. The third-order valence-corrected chi connectivity index (χ3v) is 7.75. The lowest BCUT2D eigenvalue weighted by Crippen LogP contribution is -2.20. The fraction of sp³-hybridized carbons (Fsp3) is 0.231. The van der Waals surface area contributed by atoms with Crippen molar-refractivity contribution in [3.63, 3.8) is 0 Å². The predicted molar refractivity (Wildman–Crippen MR) is 136 cm³/mol. The lowest BCUT2D eigenvalue weighted by Gasteiger charge is -2.18. The molecule has 2 aromatic heterocycles. The van der Waals surface area contributed by atoms with Crippen LogP contribution in [-0.4, -0.2) is 26.5 Å². The minimum Gasteiger partial charge on any atom is -0.325 e. The molecule has 1 fully saturated rings. The molecule has 0 saturated heterocycles. The Morgan fingerprint density at radius 2 is 1.91 bits per heavy atom. The van der Waals surface area contributed by atoms with Crippen LogP contribution in [0.5, 0.6) is 0 Å². The average Bonchev–Trinajstić information content (AvgIpc) is 3.40. The summed E-state index contributed by atoms with van der Waals surface area (Å²) in [6.07, 6.45) is 2.94. The van der Waals surface area contributed by atoms with Crippen molar-refractivity contribution in [3.8, 4) is 0 Å². The highest BCUT2D eigenvalue weighted by atomic mass is 32.2. The van der Waals surface area contributed by atoms with Crippen LogP contribution in [0.4, 0.5) is 5.69 Å². The summed E-state index contributed by atoms with van der Waals surface area (Å²) in [5, 5.41) is 14.3. The van der Waals surface area contributed by atoms with Crippen molar-refractivity contribution in [2.24, 2.45) is 0 Å². The number of Topliss-reactive ketones (excluding diaryl/α,β-unsaturated/α-hetero) is 1. The van der Waals surface area contributed by atoms with Gasteiger partial charge in [-0.25, -0.2) is 0 Å². The van der Waals surface area contributed by atoms with Crippen molar-refractivity contribution >= 4 is 40.5 Å². The lowest BCUT2D eigenvalue weighted by atomic mass is 10.1. The number of ketones is 1. The minimum absolute atomic E-state index is 0.0408. The van der Waals surface area contributed by atoms with E-state index in [1.165, 1.54) is 23.6 Å². The molecule has 1 aliphatic rings. The van der Waals surface area contributed by atoms with Gasteiger partial charge in [-0.05, 0) is 48.9 Å². The highest BCUT2D eigenvalue weighted by molar-refractivity contribution is 8.00. The second kappa shape index (κ2) is 9.95. The van der Waals surface area contributed by atoms with Gasteiger partial charge in [0, 0.05) is 28.6 Å². The minimum atomic E-state index is -0.515. The van der Waals surface area contributed by atoms with Gasteiger partial charge in [0.2, 0.25) is 5.91 Å². The molecule has 1 saturated carbocycles. The number of rotatable bonds is 9. The highest BCUT2D eigenvalue weighted by Crippen LogP contribution is 2.43. The Balaban J connectivity index is 1.43. The van der Waals surface area contributed by atoms with Crippen molar-refractivity contribution in [3.05, 3.63) is 93.9 Å². The first-order chi connectivity index (χ1) is 16.6. The quantitative estimate of drug-likeness (QED) is 0.233. The zero-order valence-electron chi connectivity index (χ0n) is 18.7. The number of carbonyl (C=O) groups excluding carboxylic acids is 2. The van der Waals surface area contributed by atoms with Crippen LogP contribution < -0.4 is 5.32 Å². The van der Waals surface area contributed by atoms with E-state index in [1.807, 2.05) is 36.4 Å². The Labute approximate surface area is 206 Å². The van der Waals surface area contributed by atoms with Crippen molar-refractivity contribution in [2.75, 3.05) is 5.32 Å². The number of aromatic nitrogens is 3. The standard InChI is InChI=1S/C26H24N4O2S2/c1-17(31)19-9-5-10-20(15-19)27-25(32)24(18-7-3-2-4-8-18)34-26-29-28-23(30(26)21-12-13-21)16-22-11-6-14-33-22/h2-11,14-15,21,24H,12-13,16H2,1H3,(H,27,32)/t24-/m0/s1. The van der Waals surface area contributed by atoms with Gasteiger partial charge in [0.05, 0.1) is 0 Å². The number of thioether (sulfide) groups is 1. The van der Waals surface area contributed by atoms with Crippen LogP contribution in [0.15, 0.2) is 77.3 Å². The molecule has 34 heavy (non-hydrogen) atoms. The van der Waals surface area contributed by atoms with Gasteiger partial charge in [-0.1, -0.05) is 60.3 Å². The van der Waals surface area contributed by atoms with Crippen molar-refractivity contribution < 1.29 is 9.59 Å². The fourth-order valence-corrected chi connectivity index (χ4v) is 5.63. The van der Waals surface area contributed by atoms with Gasteiger partial charge in [0.25, 0.3) is 0 Å². The summed E-state index contributed by atoms with van der Waals surface area (Å²) >= 11 is 3.13. The first kappa shape index (κ1) is 22.6. The van der Waals surface area contributed by atoms with Crippen LogP contribution in [0.3, 0.4) is 0 Å². The Morgan fingerprint density at radius 1 is 1.09 bits per heavy atom. The maximum atomic E-state index is 13.5. The number of hydrogen-bond acceptors (Lipinski definition) is 6. The molecule has 1 atom stereocenters. The molecule has 1 N–H and O–H groups in total. The van der Waals surface area contributed by atoms with E-state index in [0.29, 0.717) is 17.3 Å². The van der Waals surface area contributed by atoms with Crippen molar-refractivity contribution in [2.45, 2.75) is 42.6 Å². The van der Waals surface area contributed by atoms with E-state index < -0.39 is 5.25 Å². The van der Waals surface area contributed by atoms with Gasteiger partial charge in [0.15, 0.2) is 10.9 Å². The molecule has 1 amide bonds. The summed E-state index contributed by atoms with van der Waals surface area (Å²) in [6, 6.07) is 21.3. The maximum Gasteiger partial charge on any atom is 0.242 e. The van der Waals surface area contributed by atoms with E-state index in [0.717, 1.165) is 35.8 Å². The fourth-order valence-electron chi connectivity index (χ4n) is 3.81. The Kier molecular flexibility index (Phi) is 6.60. The third kappa shape index (κ3) is 5.13. The van der Waals surface area contributed by atoms with E-state index >= 15 is 0 Å². The monoisotopic (exact) mass is 488 g/mol. The zero-order valence-corrected chi connectivity index (χ0v) is 20.3. The third-order valence-electron chi connectivity index (χ3n) is 5.66. The molecule has 0 unspecified atom stereocenters. The van der Waals surface area contributed by atoms with E-state index in [9.17, 15) is 9.59 Å². The first-order valence-electron chi connectivity index (χ1n) is 11.2. The van der Waals surface area contributed by atoms with Gasteiger partial charge in [-0.15, -0.1) is 21.5 Å². The van der Waals surface area contributed by atoms with Crippen LogP contribution >= 0.6 is 23.1 Å². The molecular formula is C26H24N4O2S2. The molecule has 0 radical (unpaired) electrons. The maximum absolute atomic E-state index is 13.5. The van der Waals surface area contributed by atoms with E-state index in [-0.39, 0.29) is 11.7 Å². The summed E-state index contributed by atoms with van der Waals surface area (Å²) in [6.45, 7) is 1.52. The molecule has 0 aliphatic heterocycles. The molecule has 172 valence electrons. The van der Waals surface area contributed by atoms with Gasteiger partial charge in [0.1, 0.15) is 11.1 Å².